The Morgan fingerprint density at radius 3 is 1.96 bits per heavy atom. The Bertz CT molecular complexity index is 756. The Labute approximate surface area is 147 Å². The first-order valence-corrected chi connectivity index (χ1v) is 7.69. The molecule has 0 aliphatic heterocycles. The van der Waals surface area contributed by atoms with Gasteiger partial charge in [-0.1, -0.05) is 0 Å². The molecule has 0 atom stereocenters. The first kappa shape index (κ1) is 17.5. The maximum Gasteiger partial charge on any atom is 0.338 e. The first-order chi connectivity index (χ1) is 11.0. The predicted molar refractivity (Wildman–Crippen MR) is 94.2 cm³/mol. The predicted octanol–water partition coefficient (Wildman–Crippen LogP) is 3.27. The first-order valence-electron chi connectivity index (χ1n) is 6.61. The molecule has 0 radical (unpaired) electrons. The molecule has 0 saturated heterocycles. The Morgan fingerprint density at radius 1 is 0.870 bits per heavy atom. The van der Waals surface area contributed by atoms with Gasteiger partial charge in [-0.3, -0.25) is 0 Å². The van der Waals surface area contributed by atoms with E-state index in [1.807, 2.05) is 0 Å². The van der Waals surface area contributed by atoms with E-state index in [4.69, 9.17) is 23.7 Å². The van der Waals surface area contributed by atoms with Gasteiger partial charge < -0.3 is 23.7 Å². The van der Waals surface area contributed by atoms with Gasteiger partial charge in [-0.2, -0.15) is 0 Å². The quantitative estimate of drug-likeness (QED) is 0.534. The molecule has 2 rings (SSSR count). The molecule has 0 unspecified atom stereocenters. The van der Waals surface area contributed by atoms with E-state index >= 15 is 0 Å². The van der Waals surface area contributed by atoms with Crippen molar-refractivity contribution in [2.24, 2.45) is 0 Å². The van der Waals surface area contributed by atoms with Crippen molar-refractivity contribution in [2.45, 2.75) is 0 Å². The number of fused-ring (bicyclic) bond motifs is 1. The van der Waals surface area contributed by atoms with Crippen LogP contribution in [0.15, 0.2) is 12.1 Å². The van der Waals surface area contributed by atoms with Gasteiger partial charge in [-0.15, -0.1) is 0 Å². The smallest absolute Gasteiger partial charge is 0.338 e. The van der Waals surface area contributed by atoms with E-state index in [1.54, 1.807) is 19.2 Å². The molecule has 0 heterocycles. The summed E-state index contributed by atoms with van der Waals surface area (Å²) < 4.78 is 27.4. The van der Waals surface area contributed by atoms with Crippen molar-refractivity contribution in [3.63, 3.8) is 0 Å². The minimum absolute atomic E-state index is 0.379. The monoisotopic (exact) mass is 432 g/mol. The molecule has 7 heteroatoms. The average Bonchev–Trinajstić information content (AvgIpc) is 2.59. The third kappa shape index (κ3) is 2.85. The van der Waals surface area contributed by atoms with Crippen molar-refractivity contribution in [1.82, 2.24) is 0 Å². The van der Waals surface area contributed by atoms with Crippen LogP contribution in [0.2, 0.25) is 0 Å². The number of carbonyl (C=O) groups excluding carboxylic acids is 1. The van der Waals surface area contributed by atoms with Gasteiger partial charge in [0, 0.05) is 5.39 Å². The molecule has 0 aliphatic rings. The molecule has 2 aromatic rings. The van der Waals surface area contributed by atoms with Gasteiger partial charge in [0.1, 0.15) is 5.75 Å². The van der Waals surface area contributed by atoms with Crippen LogP contribution in [0.1, 0.15) is 10.4 Å². The minimum atomic E-state index is -0.449. The molecule has 0 bridgehead atoms. The summed E-state index contributed by atoms with van der Waals surface area (Å²) in [5.41, 5.74) is 0.379. The number of rotatable bonds is 5. The highest BCUT2D eigenvalue weighted by molar-refractivity contribution is 14.1. The number of halogens is 1. The number of methoxy groups -OCH3 is 5. The summed E-state index contributed by atoms with van der Waals surface area (Å²) in [6.45, 7) is 0. The topological polar surface area (TPSA) is 63.2 Å². The Balaban J connectivity index is 3.00. The largest absolute Gasteiger partial charge is 0.496 e. The second kappa shape index (κ2) is 7.12. The minimum Gasteiger partial charge on any atom is -0.496 e. The third-order valence-electron chi connectivity index (χ3n) is 3.43. The van der Waals surface area contributed by atoms with Crippen LogP contribution in [-0.2, 0) is 4.74 Å². The van der Waals surface area contributed by atoms with Gasteiger partial charge in [-0.25, -0.2) is 4.79 Å². The fourth-order valence-corrected chi connectivity index (χ4v) is 3.31. The normalized spacial score (nSPS) is 10.3. The van der Waals surface area contributed by atoms with E-state index in [1.165, 1.54) is 28.4 Å². The maximum absolute atomic E-state index is 11.9. The van der Waals surface area contributed by atoms with Gasteiger partial charge in [0.25, 0.3) is 0 Å². The highest BCUT2D eigenvalue weighted by Crippen LogP contribution is 2.50. The van der Waals surface area contributed by atoms with Crippen LogP contribution < -0.4 is 18.9 Å². The SMILES string of the molecule is COC(=O)c1cc(OC)c2c(OC)c(OC)c(OC)c(I)c2c1. The molecular formula is C16H17IO6. The molecule has 124 valence electrons. The molecule has 0 aromatic heterocycles. The van der Waals surface area contributed by atoms with Crippen LogP contribution in [0.4, 0.5) is 0 Å². The average molecular weight is 432 g/mol. The molecule has 0 spiro atoms. The van der Waals surface area contributed by atoms with Crippen LogP contribution in [0.5, 0.6) is 23.0 Å². The fraction of sp³-hybridized carbons (Fsp3) is 0.312. The second-order valence-corrected chi connectivity index (χ2v) is 5.59. The van der Waals surface area contributed by atoms with Gasteiger partial charge >= 0.3 is 5.97 Å². The molecule has 2 aromatic carbocycles. The molecule has 0 N–H and O–H groups in total. The van der Waals surface area contributed by atoms with E-state index in [0.29, 0.717) is 33.9 Å². The van der Waals surface area contributed by atoms with Gasteiger partial charge in [0.15, 0.2) is 11.5 Å². The van der Waals surface area contributed by atoms with Crippen molar-refractivity contribution < 1.29 is 28.5 Å². The number of ether oxygens (including phenoxy) is 5. The van der Waals surface area contributed by atoms with Gasteiger partial charge in [0.05, 0.1) is 50.1 Å². The van der Waals surface area contributed by atoms with Crippen molar-refractivity contribution >= 4 is 39.3 Å². The Kier molecular flexibility index (Phi) is 5.40. The highest BCUT2D eigenvalue weighted by atomic mass is 127. The van der Waals surface area contributed by atoms with Crippen LogP contribution in [0.25, 0.3) is 10.8 Å². The lowest BCUT2D eigenvalue weighted by atomic mass is 10.0. The van der Waals surface area contributed by atoms with Crippen molar-refractivity contribution in [3.05, 3.63) is 21.3 Å². The van der Waals surface area contributed by atoms with E-state index in [0.717, 1.165) is 8.96 Å². The fourth-order valence-electron chi connectivity index (χ4n) is 2.42. The molecule has 0 fully saturated rings. The van der Waals surface area contributed by atoms with Crippen molar-refractivity contribution in [2.75, 3.05) is 35.5 Å². The van der Waals surface area contributed by atoms with E-state index in [-0.39, 0.29) is 0 Å². The number of hydrogen-bond donors (Lipinski definition) is 0. The van der Waals surface area contributed by atoms with Crippen LogP contribution in [-0.4, -0.2) is 41.5 Å². The second-order valence-electron chi connectivity index (χ2n) is 4.51. The highest BCUT2D eigenvalue weighted by Gasteiger charge is 2.25. The van der Waals surface area contributed by atoms with Gasteiger partial charge in [-0.05, 0) is 34.7 Å². The lowest BCUT2D eigenvalue weighted by Crippen LogP contribution is -2.04. The van der Waals surface area contributed by atoms with E-state index in [9.17, 15) is 4.79 Å². The number of hydrogen-bond acceptors (Lipinski definition) is 6. The summed E-state index contributed by atoms with van der Waals surface area (Å²) in [6.07, 6.45) is 0. The molecule has 23 heavy (non-hydrogen) atoms. The van der Waals surface area contributed by atoms with Crippen molar-refractivity contribution in [1.29, 1.82) is 0 Å². The molecule has 6 nitrogen and oxygen atoms in total. The van der Waals surface area contributed by atoms with Gasteiger partial charge in [0.2, 0.25) is 5.75 Å². The summed E-state index contributed by atoms with van der Waals surface area (Å²) >= 11 is 2.14. The zero-order chi connectivity index (χ0) is 17.1. The Hall–Kier alpha value is -1.90. The van der Waals surface area contributed by atoms with E-state index in [2.05, 4.69) is 22.6 Å². The lowest BCUT2D eigenvalue weighted by Gasteiger charge is -2.19. The summed E-state index contributed by atoms with van der Waals surface area (Å²) in [7, 11) is 7.49. The molecule has 0 aliphatic carbocycles. The summed E-state index contributed by atoms with van der Waals surface area (Å²) in [5, 5.41) is 1.45. The molecule has 0 amide bonds. The van der Waals surface area contributed by atoms with E-state index < -0.39 is 5.97 Å². The maximum atomic E-state index is 11.9. The zero-order valence-electron chi connectivity index (χ0n) is 13.5. The lowest BCUT2D eigenvalue weighted by molar-refractivity contribution is 0.0600. The number of benzene rings is 2. The zero-order valence-corrected chi connectivity index (χ0v) is 15.6. The van der Waals surface area contributed by atoms with Crippen molar-refractivity contribution in [3.8, 4) is 23.0 Å². The third-order valence-corrected chi connectivity index (χ3v) is 4.50. The van der Waals surface area contributed by atoms with Crippen LogP contribution in [0, 0.1) is 3.57 Å². The molecule has 0 saturated carbocycles. The summed E-state index contributed by atoms with van der Waals surface area (Å²) in [6, 6.07) is 3.33. The standard InChI is InChI=1S/C16H17IO6/c1-19-10-7-8(16(18)23-5)6-9-11(10)13(20-2)15(22-4)14(21-3)12(9)17/h6-7H,1-5H3. The summed E-state index contributed by atoms with van der Waals surface area (Å²) in [4.78, 5) is 11.9. The molecular weight excluding hydrogens is 415 g/mol. The van der Waals surface area contributed by atoms with Crippen LogP contribution in [0.3, 0.4) is 0 Å². The summed E-state index contributed by atoms with van der Waals surface area (Å²) in [5.74, 6) is 1.51. The number of carbonyl (C=O) groups is 1. The van der Waals surface area contributed by atoms with Crippen LogP contribution >= 0.6 is 22.6 Å². The Morgan fingerprint density at radius 2 is 1.48 bits per heavy atom. The number of esters is 1.